The van der Waals surface area contributed by atoms with Gasteiger partial charge in [-0.2, -0.15) is 0 Å². The van der Waals surface area contributed by atoms with E-state index in [2.05, 4.69) is 22.1 Å². The first kappa shape index (κ1) is 12.0. The summed E-state index contributed by atoms with van der Waals surface area (Å²) in [5, 5.41) is 8.22. The van der Waals surface area contributed by atoms with Crippen LogP contribution in [0.15, 0.2) is 35.7 Å². The number of carbonyl (C=O) groups excluding carboxylic acids is 1. The van der Waals surface area contributed by atoms with E-state index in [1.165, 1.54) is 4.88 Å². The van der Waals surface area contributed by atoms with E-state index in [1.54, 1.807) is 18.3 Å². The molecule has 1 amide bonds. The van der Waals surface area contributed by atoms with Crippen LogP contribution in [0.5, 0.6) is 5.75 Å². The average molecular weight is 274 g/mol. The van der Waals surface area contributed by atoms with Crippen LogP contribution >= 0.6 is 11.3 Å². The normalized spacial score (nSPS) is 17.3. The molecule has 0 bridgehead atoms. The molecule has 1 aromatic carbocycles. The Bertz CT molecular complexity index is 595. The van der Waals surface area contributed by atoms with E-state index in [1.807, 2.05) is 24.3 Å². The fraction of sp³-hybridized carbons (Fsp3) is 0.214. The Hall–Kier alpha value is -2.01. The summed E-state index contributed by atoms with van der Waals surface area (Å²) in [6.07, 6.45) is -0.433. The van der Waals surface area contributed by atoms with E-state index in [0.29, 0.717) is 5.75 Å². The van der Waals surface area contributed by atoms with Crippen molar-refractivity contribution in [1.29, 1.82) is 0 Å². The van der Waals surface area contributed by atoms with E-state index in [9.17, 15) is 4.79 Å². The van der Waals surface area contributed by atoms with Crippen LogP contribution in [0.2, 0.25) is 0 Å². The average Bonchev–Trinajstić information content (AvgIpc) is 2.91. The molecule has 1 atom stereocenters. The Morgan fingerprint density at radius 1 is 1.42 bits per heavy atom. The topological polar surface area (TPSA) is 50.4 Å². The highest BCUT2D eigenvalue weighted by Crippen LogP contribution is 2.32. The zero-order chi connectivity index (χ0) is 13.2. The first-order valence-corrected chi connectivity index (χ1v) is 6.98. The van der Waals surface area contributed by atoms with Crippen LogP contribution in [0, 0.1) is 0 Å². The quantitative estimate of drug-likeness (QED) is 0.904. The van der Waals surface area contributed by atoms with E-state index in [-0.39, 0.29) is 5.91 Å². The summed E-state index contributed by atoms with van der Waals surface area (Å²) in [4.78, 5) is 12.8. The summed E-state index contributed by atoms with van der Waals surface area (Å²) in [6.45, 7) is 2.52. The highest BCUT2D eigenvalue weighted by molar-refractivity contribution is 7.09. The van der Waals surface area contributed by atoms with Gasteiger partial charge in [0, 0.05) is 17.1 Å². The van der Waals surface area contributed by atoms with Crippen molar-refractivity contribution >= 4 is 28.6 Å². The number of hydrogen-bond donors (Lipinski definition) is 2. The maximum absolute atomic E-state index is 11.6. The van der Waals surface area contributed by atoms with Crippen molar-refractivity contribution < 1.29 is 9.53 Å². The molecule has 0 fully saturated rings. The number of amides is 1. The van der Waals surface area contributed by atoms with Crippen LogP contribution in [0.25, 0.3) is 0 Å². The molecule has 0 aliphatic carbocycles. The fourth-order valence-corrected chi connectivity index (χ4v) is 2.57. The van der Waals surface area contributed by atoms with Crippen molar-refractivity contribution in [2.24, 2.45) is 0 Å². The minimum atomic E-state index is -0.433. The molecule has 2 heterocycles. The van der Waals surface area contributed by atoms with Gasteiger partial charge in [-0.3, -0.25) is 4.79 Å². The lowest BCUT2D eigenvalue weighted by molar-refractivity contribution is -0.122. The minimum Gasteiger partial charge on any atom is -0.479 e. The third-order valence-electron chi connectivity index (χ3n) is 2.96. The summed E-state index contributed by atoms with van der Waals surface area (Å²) in [7, 11) is 0. The van der Waals surface area contributed by atoms with Crippen LogP contribution < -0.4 is 15.4 Å². The van der Waals surface area contributed by atoms with Gasteiger partial charge in [0.2, 0.25) is 0 Å². The number of hydrogen-bond acceptors (Lipinski definition) is 4. The van der Waals surface area contributed by atoms with Crippen molar-refractivity contribution in [2.75, 3.05) is 10.6 Å². The van der Waals surface area contributed by atoms with Crippen molar-refractivity contribution in [3.05, 3.63) is 40.6 Å². The van der Waals surface area contributed by atoms with Gasteiger partial charge in [0.15, 0.2) is 6.10 Å². The summed E-state index contributed by atoms with van der Waals surface area (Å²) >= 11 is 1.71. The molecule has 5 heteroatoms. The molecule has 2 aromatic rings. The number of rotatable bonds is 3. The molecule has 0 spiro atoms. The van der Waals surface area contributed by atoms with Gasteiger partial charge < -0.3 is 15.4 Å². The lowest BCUT2D eigenvalue weighted by Crippen LogP contribution is -2.34. The number of fused-ring (bicyclic) bond motifs is 1. The van der Waals surface area contributed by atoms with Gasteiger partial charge in [0.05, 0.1) is 5.69 Å². The summed E-state index contributed by atoms with van der Waals surface area (Å²) in [5.41, 5.74) is 1.69. The Labute approximate surface area is 115 Å². The lowest BCUT2D eigenvalue weighted by Gasteiger charge is -2.23. The minimum absolute atomic E-state index is 0.108. The Balaban J connectivity index is 1.74. The lowest BCUT2D eigenvalue weighted by atomic mass is 10.2. The molecule has 3 rings (SSSR count). The summed E-state index contributed by atoms with van der Waals surface area (Å²) < 4.78 is 5.51. The standard InChI is InChI=1S/C14H14N2O2S/c1-9-14(17)16-12-7-10(4-5-13(12)18-9)15-8-11-3-2-6-19-11/h2-7,9,15H,8H2,1H3,(H,16,17). The van der Waals surface area contributed by atoms with Gasteiger partial charge in [-0.25, -0.2) is 0 Å². The Morgan fingerprint density at radius 2 is 2.32 bits per heavy atom. The van der Waals surface area contributed by atoms with Crippen LogP contribution in [-0.2, 0) is 11.3 Å². The molecule has 1 aliphatic heterocycles. The molecule has 19 heavy (non-hydrogen) atoms. The second-order valence-corrected chi connectivity index (χ2v) is 5.43. The molecular weight excluding hydrogens is 260 g/mol. The number of carbonyl (C=O) groups is 1. The van der Waals surface area contributed by atoms with E-state index in [4.69, 9.17) is 4.74 Å². The van der Waals surface area contributed by atoms with E-state index < -0.39 is 6.10 Å². The molecule has 0 saturated carbocycles. The molecule has 2 N–H and O–H groups in total. The SMILES string of the molecule is CC1Oc2ccc(NCc3cccs3)cc2NC1=O. The predicted octanol–water partition coefficient (Wildman–Crippen LogP) is 3.08. The van der Waals surface area contributed by atoms with Gasteiger partial charge >= 0.3 is 0 Å². The molecule has 4 nitrogen and oxygen atoms in total. The molecular formula is C14H14N2O2S. The van der Waals surface area contributed by atoms with Crippen molar-refractivity contribution in [2.45, 2.75) is 19.6 Å². The van der Waals surface area contributed by atoms with Crippen LogP contribution in [0.3, 0.4) is 0 Å². The molecule has 1 unspecified atom stereocenters. The molecule has 0 radical (unpaired) electrons. The maximum Gasteiger partial charge on any atom is 0.265 e. The third-order valence-corrected chi connectivity index (χ3v) is 3.83. The van der Waals surface area contributed by atoms with Crippen LogP contribution in [0.1, 0.15) is 11.8 Å². The number of thiophene rings is 1. The first-order valence-electron chi connectivity index (χ1n) is 6.10. The second-order valence-electron chi connectivity index (χ2n) is 4.39. The number of ether oxygens (including phenoxy) is 1. The van der Waals surface area contributed by atoms with Gasteiger partial charge in [0.1, 0.15) is 5.75 Å². The Morgan fingerprint density at radius 3 is 3.11 bits per heavy atom. The first-order chi connectivity index (χ1) is 9.22. The largest absolute Gasteiger partial charge is 0.479 e. The molecule has 98 valence electrons. The number of anilines is 2. The highest BCUT2D eigenvalue weighted by Gasteiger charge is 2.23. The summed E-state index contributed by atoms with van der Waals surface area (Å²) in [5.74, 6) is 0.608. The zero-order valence-electron chi connectivity index (χ0n) is 10.5. The van der Waals surface area contributed by atoms with Gasteiger partial charge in [-0.05, 0) is 36.6 Å². The molecule has 1 aromatic heterocycles. The number of benzene rings is 1. The predicted molar refractivity (Wildman–Crippen MR) is 76.8 cm³/mol. The second kappa shape index (κ2) is 4.93. The van der Waals surface area contributed by atoms with Crippen molar-refractivity contribution in [1.82, 2.24) is 0 Å². The molecule has 1 aliphatic rings. The van der Waals surface area contributed by atoms with Crippen LogP contribution in [-0.4, -0.2) is 12.0 Å². The maximum atomic E-state index is 11.6. The van der Waals surface area contributed by atoms with Crippen molar-refractivity contribution in [3.63, 3.8) is 0 Å². The van der Waals surface area contributed by atoms with Crippen molar-refractivity contribution in [3.8, 4) is 5.75 Å². The van der Waals surface area contributed by atoms with Gasteiger partial charge in [-0.1, -0.05) is 6.07 Å². The fourth-order valence-electron chi connectivity index (χ4n) is 1.92. The number of nitrogens with one attached hydrogen (secondary N) is 2. The third kappa shape index (κ3) is 2.56. The van der Waals surface area contributed by atoms with Gasteiger partial charge in [-0.15, -0.1) is 11.3 Å². The summed E-state index contributed by atoms with van der Waals surface area (Å²) in [6, 6.07) is 9.85. The van der Waals surface area contributed by atoms with E-state index >= 15 is 0 Å². The Kier molecular flexibility index (Phi) is 3.13. The van der Waals surface area contributed by atoms with Crippen LogP contribution in [0.4, 0.5) is 11.4 Å². The highest BCUT2D eigenvalue weighted by atomic mass is 32.1. The smallest absolute Gasteiger partial charge is 0.265 e. The molecule has 0 saturated heterocycles. The zero-order valence-corrected chi connectivity index (χ0v) is 11.3. The van der Waals surface area contributed by atoms with Gasteiger partial charge in [0.25, 0.3) is 5.91 Å². The van der Waals surface area contributed by atoms with E-state index in [0.717, 1.165) is 17.9 Å². The monoisotopic (exact) mass is 274 g/mol.